The minimum absolute atomic E-state index is 0.0356. The number of fused-ring (bicyclic) bond motifs is 5. The Bertz CT molecular complexity index is 1070. The lowest BCUT2D eigenvalue weighted by atomic mass is 10.2. The molecule has 1 aromatic carbocycles. The lowest BCUT2D eigenvalue weighted by molar-refractivity contribution is -0.286. The van der Waals surface area contributed by atoms with Gasteiger partial charge in [0.25, 0.3) is 0 Å². The zero-order chi connectivity index (χ0) is 19.5. The number of aromatic nitrogens is 4. The standard InChI is InChI=1S/C17H18F2N6O3/c1-9-8-24(6-7-26-9)5-4-12-21-15-10-2-3-11-14(28-17(18,19)27-11)13(10)22-16(20)25(15)23-12/h2-3,9H,4-8H2,1H3,(H2,20,22). The second-order valence-electron chi connectivity index (χ2n) is 6.92. The van der Waals surface area contributed by atoms with Crippen LogP contribution in [0.25, 0.3) is 16.6 Å². The number of anilines is 1. The van der Waals surface area contributed by atoms with E-state index in [4.69, 9.17) is 10.5 Å². The molecular weight excluding hydrogens is 374 g/mol. The molecule has 3 aromatic rings. The Labute approximate surface area is 158 Å². The number of halogens is 2. The van der Waals surface area contributed by atoms with Crippen molar-refractivity contribution in [3.8, 4) is 11.5 Å². The highest BCUT2D eigenvalue weighted by Crippen LogP contribution is 2.45. The van der Waals surface area contributed by atoms with E-state index in [0.29, 0.717) is 29.9 Å². The Morgan fingerprint density at radius 2 is 2.14 bits per heavy atom. The predicted octanol–water partition coefficient (Wildman–Crippen LogP) is 1.44. The van der Waals surface area contributed by atoms with Gasteiger partial charge in [-0.3, -0.25) is 4.90 Å². The summed E-state index contributed by atoms with van der Waals surface area (Å²) in [7, 11) is 0. The van der Waals surface area contributed by atoms with Crippen LogP contribution in [-0.4, -0.2) is 63.1 Å². The maximum absolute atomic E-state index is 13.4. The number of hydrogen-bond donors (Lipinski definition) is 1. The number of nitrogen functional groups attached to an aromatic ring is 1. The predicted molar refractivity (Wildman–Crippen MR) is 94.5 cm³/mol. The maximum atomic E-state index is 13.4. The summed E-state index contributed by atoms with van der Waals surface area (Å²) in [5.74, 6) is 0.398. The van der Waals surface area contributed by atoms with Crippen molar-refractivity contribution >= 4 is 22.5 Å². The molecule has 0 bridgehead atoms. The summed E-state index contributed by atoms with van der Waals surface area (Å²) in [6.07, 6.45) is -2.90. The van der Waals surface area contributed by atoms with Gasteiger partial charge in [0.2, 0.25) is 5.95 Å². The fraction of sp³-hybridized carbons (Fsp3) is 0.471. The van der Waals surface area contributed by atoms with Crippen LogP contribution in [-0.2, 0) is 11.2 Å². The topological polar surface area (TPSA) is 100 Å². The lowest BCUT2D eigenvalue weighted by Crippen LogP contribution is -2.42. The van der Waals surface area contributed by atoms with Crippen molar-refractivity contribution in [2.24, 2.45) is 0 Å². The fourth-order valence-electron chi connectivity index (χ4n) is 3.60. The first-order valence-corrected chi connectivity index (χ1v) is 8.97. The number of ether oxygens (including phenoxy) is 3. The molecule has 0 amide bonds. The van der Waals surface area contributed by atoms with Gasteiger partial charge in [-0.15, -0.1) is 13.9 Å². The van der Waals surface area contributed by atoms with Crippen LogP contribution in [0.15, 0.2) is 12.1 Å². The van der Waals surface area contributed by atoms with Gasteiger partial charge in [-0.05, 0) is 19.1 Å². The van der Waals surface area contributed by atoms with E-state index in [1.54, 1.807) is 6.07 Å². The van der Waals surface area contributed by atoms with E-state index in [1.165, 1.54) is 10.6 Å². The van der Waals surface area contributed by atoms with Crippen LogP contribution in [0.1, 0.15) is 12.7 Å². The molecular formula is C17H18F2N6O3. The Kier molecular flexibility index (Phi) is 3.78. The average Bonchev–Trinajstić information content (AvgIpc) is 3.20. The van der Waals surface area contributed by atoms with Crippen LogP contribution in [0.3, 0.4) is 0 Å². The molecule has 0 radical (unpaired) electrons. The van der Waals surface area contributed by atoms with Gasteiger partial charge in [0, 0.05) is 31.4 Å². The van der Waals surface area contributed by atoms with Gasteiger partial charge in [-0.25, -0.2) is 9.97 Å². The molecule has 0 spiro atoms. The molecule has 1 unspecified atom stereocenters. The molecule has 4 heterocycles. The number of alkyl halides is 2. The van der Waals surface area contributed by atoms with Crippen molar-refractivity contribution in [2.75, 3.05) is 32.0 Å². The number of benzene rings is 1. The van der Waals surface area contributed by atoms with E-state index in [9.17, 15) is 8.78 Å². The molecule has 2 N–H and O–H groups in total. The number of nitrogens with two attached hydrogens (primary N) is 1. The van der Waals surface area contributed by atoms with Gasteiger partial charge in [0.15, 0.2) is 23.0 Å². The van der Waals surface area contributed by atoms with Gasteiger partial charge in [-0.2, -0.15) is 4.52 Å². The minimum atomic E-state index is -3.73. The molecule has 28 heavy (non-hydrogen) atoms. The number of hydrogen-bond acceptors (Lipinski definition) is 8. The zero-order valence-corrected chi connectivity index (χ0v) is 15.1. The largest absolute Gasteiger partial charge is 0.586 e. The molecule has 2 aromatic heterocycles. The van der Waals surface area contributed by atoms with E-state index in [0.717, 1.165) is 19.6 Å². The Morgan fingerprint density at radius 1 is 1.29 bits per heavy atom. The molecule has 11 heteroatoms. The average molecular weight is 392 g/mol. The van der Waals surface area contributed by atoms with Crippen molar-refractivity contribution < 1.29 is 23.0 Å². The molecule has 1 atom stereocenters. The molecule has 0 aliphatic carbocycles. The van der Waals surface area contributed by atoms with Gasteiger partial charge in [0.05, 0.1) is 12.7 Å². The van der Waals surface area contributed by atoms with E-state index >= 15 is 0 Å². The summed E-state index contributed by atoms with van der Waals surface area (Å²) in [6, 6.07) is 3.00. The Balaban J connectivity index is 1.49. The van der Waals surface area contributed by atoms with Gasteiger partial charge >= 0.3 is 6.29 Å². The summed E-state index contributed by atoms with van der Waals surface area (Å²) < 4.78 is 42.9. The molecule has 148 valence electrons. The van der Waals surface area contributed by atoms with E-state index < -0.39 is 6.29 Å². The summed E-state index contributed by atoms with van der Waals surface area (Å²) >= 11 is 0. The summed E-state index contributed by atoms with van der Waals surface area (Å²) in [5.41, 5.74) is 6.60. The van der Waals surface area contributed by atoms with Crippen LogP contribution in [0.4, 0.5) is 14.7 Å². The molecule has 2 aliphatic rings. The smallest absolute Gasteiger partial charge is 0.395 e. The first-order chi connectivity index (χ1) is 13.4. The summed E-state index contributed by atoms with van der Waals surface area (Å²) in [6.45, 7) is 5.26. The van der Waals surface area contributed by atoms with Crippen LogP contribution in [0.5, 0.6) is 11.5 Å². The van der Waals surface area contributed by atoms with E-state index in [2.05, 4.69) is 29.4 Å². The molecule has 9 nitrogen and oxygen atoms in total. The monoisotopic (exact) mass is 392 g/mol. The normalized spacial score (nSPS) is 21.6. The van der Waals surface area contributed by atoms with E-state index in [-0.39, 0.29) is 29.1 Å². The van der Waals surface area contributed by atoms with Crippen molar-refractivity contribution in [2.45, 2.75) is 25.7 Å². The molecule has 2 aliphatic heterocycles. The highest BCUT2D eigenvalue weighted by atomic mass is 19.3. The third-order valence-electron chi connectivity index (χ3n) is 4.86. The molecule has 1 saturated heterocycles. The van der Waals surface area contributed by atoms with Crippen molar-refractivity contribution in [3.05, 3.63) is 18.0 Å². The van der Waals surface area contributed by atoms with Gasteiger partial charge in [-0.1, -0.05) is 0 Å². The van der Waals surface area contributed by atoms with Crippen molar-refractivity contribution in [1.29, 1.82) is 0 Å². The quantitative estimate of drug-likeness (QED) is 0.715. The van der Waals surface area contributed by atoms with Crippen molar-refractivity contribution in [1.82, 2.24) is 24.5 Å². The first kappa shape index (κ1) is 17.3. The third kappa shape index (κ3) is 2.87. The van der Waals surface area contributed by atoms with Crippen LogP contribution in [0.2, 0.25) is 0 Å². The second-order valence-corrected chi connectivity index (χ2v) is 6.92. The second kappa shape index (κ2) is 6.11. The van der Waals surface area contributed by atoms with Crippen LogP contribution >= 0.6 is 0 Å². The first-order valence-electron chi connectivity index (χ1n) is 8.97. The SMILES string of the molecule is CC1CN(CCc2nc3c4ccc5c(c4nc(N)n3n2)OC(F)(F)O5)CCO1. The number of rotatable bonds is 3. The number of morpholine rings is 1. The Hall–Kier alpha value is -2.79. The highest BCUT2D eigenvalue weighted by molar-refractivity contribution is 5.97. The summed E-state index contributed by atoms with van der Waals surface area (Å²) in [5, 5.41) is 4.94. The van der Waals surface area contributed by atoms with Gasteiger partial charge < -0.3 is 19.9 Å². The lowest BCUT2D eigenvalue weighted by Gasteiger charge is -2.30. The fourth-order valence-corrected chi connectivity index (χ4v) is 3.60. The van der Waals surface area contributed by atoms with Gasteiger partial charge in [0.1, 0.15) is 5.52 Å². The molecule has 5 rings (SSSR count). The minimum Gasteiger partial charge on any atom is -0.395 e. The van der Waals surface area contributed by atoms with Crippen molar-refractivity contribution in [3.63, 3.8) is 0 Å². The number of nitrogens with zero attached hydrogens (tertiary/aromatic N) is 5. The van der Waals surface area contributed by atoms with Crippen LogP contribution < -0.4 is 15.2 Å². The maximum Gasteiger partial charge on any atom is 0.586 e. The third-order valence-corrected chi connectivity index (χ3v) is 4.86. The summed E-state index contributed by atoms with van der Waals surface area (Å²) in [4.78, 5) is 11.0. The molecule has 0 saturated carbocycles. The Morgan fingerprint density at radius 3 is 2.96 bits per heavy atom. The molecule has 1 fully saturated rings. The highest BCUT2D eigenvalue weighted by Gasteiger charge is 2.44. The zero-order valence-electron chi connectivity index (χ0n) is 15.1. The van der Waals surface area contributed by atoms with E-state index in [1.807, 2.05) is 6.92 Å². The van der Waals surface area contributed by atoms with Crippen LogP contribution in [0, 0.1) is 0 Å².